The summed E-state index contributed by atoms with van der Waals surface area (Å²) in [5.74, 6) is 0. The standard InChI is InChI=1S/C16H20N2.2ClH/c1-12-7-3-5-9-14(12)16(18-2)11-13-8-4-6-10-15(13)17;;/h3-10,16,18H,11,17H2,1-2H3;2*1H. The first kappa shape index (κ1) is 18.8. The highest BCUT2D eigenvalue weighted by molar-refractivity contribution is 5.85. The summed E-state index contributed by atoms with van der Waals surface area (Å²) < 4.78 is 0. The quantitative estimate of drug-likeness (QED) is 0.840. The lowest BCUT2D eigenvalue weighted by Crippen LogP contribution is -2.20. The number of nitrogens with one attached hydrogen (secondary N) is 1. The minimum absolute atomic E-state index is 0. The van der Waals surface area contributed by atoms with Gasteiger partial charge in [-0.3, -0.25) is 0 Å². The maximum Gasteiger partial charge on any atom is 0.0361 e. The van der Waals surface area contributed by atoms with Crippen molar-refractivity contribution in [3.05, 3.63) is 65.2 Å². The normalized spacial score (nSPS) is 11.1. The summed E-state index contributed by atoms with van der Waals surface area (Å²) in [6.07, 6.45) is 0.911. The Morgan fingerprint density at radius 3 is 2.20 bits per heavy atom. The Morgan fingerprint density at radius 1 is 1.00 bits per heavy atom. The Hall–Kier alpha value is -1.22. The summed E-state index contributed by atoms with van der Waals surface area (Å²) in [5.41, 5.74) is 10.7. The maximum absolute atomic E-state index is 6.01. The Morgan fingerprint density at radius 2 is 1.60 bits per heavy atom. The van der Waals surface area contributed by atoms with Gasteiger partial charge >= 0.3 is 0 Å². The summed E-state index contributed by atoms with van der Waals surface area (Å²) in [6.45, 7) is 2.15. The highest BCUT2D eigenvalue weighted by atomic mass is 35.5. The predicted molar refractivity (Wildman–Crippen MR) is 92.0 cm³/mol. The number of halogens is 2. The number of benzene rings is 2. The zero-order chi connectivity index (χ0) is 13.0. The van der Waals surface area contributed by atoms with Gasteiger partial charge in [0.15, 0.2) is 0 Å². The van der Waals surface area contributed by atoms with E-state index in [1.54, 1.807) is 0 Å². The van der Waals surface area contributed by atoms with E-state index in [9.17, 15) is 0 Å². The second-order valence-electron chi connectivity index (χ2n) is 4.60. The molecule has 0 saturated heterocycles. The lowest BCUT2D eigenvalue weighted by atomic mass is 9.95. The molecule has 0 bridgehead atoms. The van der Waals surface area contributed by atoms with Gasteiger partial charge in [0, 0.05) is 11.7 Å². The van der Waals surface area contributed by atoms with Gasteiger partial charge < -0.3 is 11.1 Å². The van der Waals surface area contributed by atoms with Gasteiger partial charge in [-0.1, -0.05) is 42.5 Å². The van der Waals surface area contributed by atoms with Gasteiger partial charge in [-0.15, -0.1) is 24.8 Å². The highest BCUT2D eigenvalue weighted by Gasteiger charge is 2.13. The van der Waals surface area contributed by atoms with E-state index in [-0.39, 0.29) is 24.8 Å². The fraction of sp³-hybridized carbons (Fsp3) is 0.250. The zero-order valence-corrected chi connectivity index (χ0v) is 13.4. The van der Waals surface area contributed by atoms with Crippen LogP contribution in [0.5, 0.6) is 0 Å². The average molecular weight is 313 g/mol. The summed E-state index contributed by atoms with van der Waals surface area (Å²) >= 11 is 0. The van der Waals surface area contributed by atoms with Crippen LogP contribution in [0.1, 0.15) is 22.7 Å². The van der Waals surface area contributed by atoms with Crippen molar-refractivity contribution in [1.29, 1.82) is 0 Å². The van der Waals surface area contributed by atoms with E-state index in [0.717, 1.165) is 12.1 Å². The molecule has 3 N–H and O–H groups in total. The smallest absolute Gasteiger partial charge is 0.0361 e. The Bertz CT molecular complexity index is 529. The van der Waals surface area contributed by atoms with Crippen LogP contribution in [0.2, 0.25) is 0 Å². The molecule has 0 spiro atoms. The number of para-hydroxylation sites is 1. The number of nitrogens with two attached hydrogens (primary N) is 1. The second kappa shape index (κ2) is 8.85. The molecule has 0 aliphatic rings. The summed E-state index contributed by atoms with van der Waals surface area (Å²) in [4.78, 5) is 0. The number of likely N-dealkylation sites (N-methyl/N-ethyl adjacent to an activating group) is 1. The van der Waals surface area contributed by atoms with Gasteiger partial charge in [0.2, 0.25) is 0 Å². The molecule has 2 aromatic rings. The molecule has 110 valence electrons. The summed E-state index contributed by atoms with van der Waals surface area (Å²) in [7, 11) is 2.00. The van der Waals surface area contributed by atoms with Crippen molar-refractivity contribution in [2.24, 2.45) is 0 Å². The van der Waals surface area contributed by atoms with Crippen LogP contribution in [0.15, 0.2) is 48.5 Å². The Labute approximate surface area is 133 Å². The first-order chi connectivity index (χ1) is 8.72. The van der Waals surface area contributed by atoms with Gasteiger partial charge in [-0.05, 0) is 43.1 Å². The van der Waals surface area contributed by atoms with Crippen LogP contribution in [0.4, 0.5) is 5.69 Å². The third-order valence-corrected chi connectivity index (χ3v) is 3.39. The first-order valence-corrected chi connectivity index (χ1v) is 6.28. The van der Waals surface area contributed by atoms with Crippen molar-refractivity contribution >= 4 is 30.5 Å². The highest BCUT2D eigenvalue weighted by Crippen LogP contribution is 2.23. The Balaban J connectivity index is 0.00000180. The van der Waals surface area contributed by atoms with E-state index in [0.29, 0.717) is 6.04 Å². The molecule has 1 unspecified atom stereocenters. The molecule has 2 rings (SSSR count). The first-order valence-electron chi connectivity index (χ1n) is 6.28. The average Bonchev–Trinajstić information content (AvgIpc) is 2.39. The zero-order valence-electron chi connectivity index (χ0n) is 11.8. The molecule has 0 aliphatic carbocycles. The van der Waals surface area contributed by atoms with Gasteiger partial charge in [-0.25, -0.2) is 0 Å². The number of anilines is 1. The largest absolute Gasteiger partial charge is 0.399 e. The molecule has 0 fully saturated rings. The maximum atomic E-state index is 6.01. The fourth-order valence-electron chi connectivity index (χ4n) is 2.29. The van der Waals surface area contributed by atoms with E-state index in [1.807, 2.05) is 25.2 Å². The molecule has 2 nitrogen and oxygen atoms in total. The molecular formula is C16H22Cl2N2. The Kier molecular flexibility index (Phi) is 8.31. The number of aryl methyl sites for hydroxylation is 1. The van der Waals surface area contributed by atoms with Crippen LogP contribution in [0.25, 0.3) is 0 Å². The predicted octanol–water partition coefficient (Wildman–Crippen LogP) is 3.92. The van der Waals surface area contributed by atoms with E-state index in [1.165, 1.54) is 16.7 Å². The molecule has 1 atom stereocenters. The van der Waals surface area contributed by atoms with E-state index in [4.69, 9.17) is 5.73 Å². The van der Waals surface area contributed by atoms with E-state index in [2.05, 4.69) is 42.6 Å². The summed E-state index contributed by atoms with van der Waals surface area (Å²) in [6, 6.07) is 16.8. The fourth-order valence-corrected chi connectivity index (χ4v) is 2.29. The van der Waals surface area contributed by atoms with Crippen LogP contribution in [-0.4, -0.2) is 7.05 Å². The van der Waals surface area contributed by atoms with Crippen LogP contribution >= 0.6 is 24.8 Å². The number of hydrogen-bond donors (Lipinski definition) is 2. The lowest BCUT2D eigenvalue weighted by Gasteiger charge is -2.19. The minimum atomic E-state index is 0. The van der Waals surface area contributed by atoms with Crippen LogP contribution in [-0.2, 0) is 6.42 Å². The van der Waals surface area contributed by atoms with Crippen molar-refractivity contribution in [1.82, 2.24) is 5.32 Å². The molecule has 20 heavy (non-hydrogen) atoms. The van der Waals surface area contributed by atoms with Crippen LogP contribution in [0, 0.1) is 6.92 Å². The molecule has 4 heteroatoms. The van der Waals surface area contributed by atoms with Gasteiger partial charge in [-0.2, -0.15) is 0 Å². The van der Waals surface area contributed by atoms with Gasteiger partial charge in [0.05, 0.1) is 0 Å². The molecule has 0 amide bonds. The number of nitrogen functional groups attached to an aromatic ring is 1. The molecule has 0 aliphatic heterocycles. The third-order valence-electron chi connectivity index (χ3n) is 3.39. The molecule has 0 saturated carbocycles. The second-order valence-corrected chi connectivity index (χ2v) is 4.60. The number of rotatable bonds is 4. The lowest BCUT2D eigenvalue weighted by molar-refractivity contribution is 0.590. The molecule has 0 radical (unpaired) electrons. The van der Waals surface area contributed by atoms with Crippen LogP contribution < -0.4 is 11.1 Å². The minimum Gasteiger partial charge on any atom is -0.399 e. The molecule has 0 aromatic heterocycles. The topological polar surface area (TPSA) is 38.0 Å². The van der Waals surface area contributed by atoms with Crippen molar-refractivity contribution in [3.8, 4) is 0 Å². The number of hydrogen-bond acceptors (Lipinski definition) is 2. The van der Waals surface area contributed by atoms with Crippen molar-refractivity contribution in [3.63, 3.8) is 0 Å². The third kappa shape index (κ3) is 4.41. The van der Waals surface area contributed by atoms with Crippen molar-refractivity contribution in [2.75, 3.05) is 12.8 Å². The molecular weight excluding hydrogens is 291 g/mol. The molecule has 0 heterocycles. The monoisotopic (exact) mass is 312 g/mol. The SMILES string of the molecule is CNC(Cc1ccccc1N)c1ccccc1C.Cl.Cl. The van der Waals surface area contributed by atoms with E-state index < -0.39 is 0 Å². The van der Waals surface area contributed by atoms with Gasteiger partial charge in [0.25, 0.3) is 0 Å². The molecule has 2 aromatic carbocycles. The van der Waals surface area contributed by atoms with E-state index >= 15 is 0 Å². The van der Waals surface area contributed by atoms with Crippen molar-refractivity contribution < 1.29 is 0 Å². The van der Waals surface area contributed by atoms with Gasteiger partial charge in [0.1, 0.15) is 0 Å². The van der Waals surface area contributed by atoms with Crippen molar-refractivity contribution in [2.45, 2.75) is 19.4 Å². The summed E-state index contributed by atoms with van der Waals surface area (Å²) in [5, 5.41) is 3.38. The van der Waals surface area contributed by atoms with Crippen LogP contribution in [0.3, 0.4) is 0 Å².